The van der Waals surface area contributed by atoms with Crippen LogP contribution in [0.25, 0.3) is 11.5 Å². The molecular weight excluding hydrogens is 383 g/mol. The number of nitrogens with one attached hydrogen (secondary N) is 1. The van der Waals surface area contributed by atoms with Crippen LogP contribution < -0.4 is 5.32 Å². The SMILES string of the molecule is Cc1noc(-c2c(NC(=O)c3ccc(F)c(F)c3F)sc3c2CCOC3)n1. The van der Waals surface area contributed by atoms with Crippen molar-refractivity contribution >= 4 is 22.2 Å². The van der Waals surface area contributed by atoms with Gasteiger partial charge in [-0.1, -0.05) is 5.16 Å². The summed E-state index contributed by atoms with van der Waals surface area (Å²) in [5.74, 6) is -4.89. The number of carbonyl (C=O) groups is 1. The van der Waals surface area contributed by atoms with Crippen LogP contribution in [0.2, 0.25) is 0 Å². The molecule has 1 aliphatic heterocycles. The van der Waals surface area contributed by atoms with Crippen LogP contribution in [0.1, 0.15) is 26.6 Å². The Morgan fingerprint density at radius 2 is 2.07 bits per heavy atom. The number of aryl methyl sites for hydroxylation is 1. The monoisotopic (exact) mass is 395 g/mol. The van der Waals surface area contributed by atoms with Gasteiger partial charge in [-0.2, -0.15) is 4.98 Å². The molecule has 0 unspecified atom stereocenters. The van der Waals surface area contributed by atoms with Crippen molar-refractivity contribution in [3.63, 3.8) is 0 Å². The average Bonchev–Trinajstić information content (AvgIpc) is 3.22. The molecule has 2 aromatic heterocycles. The zero-order valence-corrected chi connectivity index (χ0v) is 14.8. The highest BCUT2D eigenvalue weighted by atomic mass is 32.1. The Morgan fingerprint density at radius 1 is 1.26 bits per heavy atom. The number of halogens is 3. The van der Waals surface area contributed by atoms with Gasteiger partial charge in [0, 0.05) is 4.88 Å². The van der Waals surface area contributed by atoms with Gasteiger partial charge in [-0.05, 0) is 31.0 Å². The third-order valence-electron chi connectivity index (χ3n) is 4.07. The molecule has 0 aliphatic carbocycles. The first-order valence-electron chi connectivity index (χ1n) is 7.93. The van der Waals surface area contributed by atoms with Crippen LogP contribution in [0.4, 0.5) is 18.2 Å². The Kier molecular flexibility index (Phi) is 4.44. The standard InChI is InChI=1S/C17H12F3N3O3S/c1-7-21-16(26-23-7)12-8-4-5-25-6-11(8)27-17(12)22-15(24)9-2-3-10(18)14(20)13(9)19/h2-3H,4-6H2,1H3,(H,22,24). The number of amides is 1. The maximum atomic E-state index is 13.9. The highest BCUT2D eigenvalue weighted by molar-refractivity contribution is 7.17. The second kappa shape index (κ2) is 6.78. The molecule has 0 saturated carbocycles. The van der Waals surface area contributed by atoms with Crippen LogP contribution in [0.5, 0.6) is 0 Å². The van der Waals surface area contributed by atoms with Crippen molar-refractivity contribution < 1.29 is 27.2 Å². The second-order valence-corrected chi connectivity index (χ2v) is 6.94. The number of nitrogens with zero attached hydrogens (tertiary/aromatic N) is 2. The van der Waals surface area contributed by atoms with E-state index >= 15 is 0 Å². The molecule has 3 aromatic rings. The van der Waals surface area contributed by atoms with Gasteiger partial charge in [0.05, 0.1) is 24.3 Å². The van der Waals surface area contributed by atoms with Gasteiger partial charge in [-0.25, -0.2) is 13.2 Å². The van der Waals surface area contributed by atoms with Gasteiger partial charge in [-0.3, -0.25) is 4.79 Å². The molecule has 3 heterocycles. The second-order valence-electron chi connectivity index (χ2n) is 5.83. The largest absolute Gasteiger partial charge is 0.376 e. The summed E-state index contributed by atoms with van der Waals surface area (Å²) in [5, 5.41) is 6.66. The number of hydrogen-bond acceptors (Lipinski definition) is 6. The lowest BCUT2D eigenvalue weighted by atomic mass is 10.1. The fraction of sp³-hybridized carbons (Fsp3) is 0.235. The molecule has 0 fully saturated rings. The molecule has 0 radical (unpaired) electrons. The molecular formula is C17H12F3N3O3S. The number of hydrogen-bond donors (Lipinski definition) is 1. The number of aromatic nitrogens is 2. The lowest BCUT2D eigenvalue weighted by Gasteiger charge is -2.12. The average molecular weight is 395 g/mol. The minimum Gasteiger partial charge on any atom is -0.376 e. The third-order valence-corrected chi connectivity index (χ3v) is 5.19. The number of fused-ring (bicyclic) bond motifs is 1. The van der Waals surface area contributed by atoms with Gasteiger partial charge in [0.1, 0.15) is 5.00 Å². The first kappa shape index (κ1) is 17.7. The highest BCUT2D eigenvalue weighted by Crippen LogP contribution is 2.42. The quantitative estimate of drug-likeness (QED) is 0.682. The van der Waals surface area contributed by atoms with Crippen LogP contribution in [-0.2, 0) is 17.8 Å². The Bertz CT molecular complexity index is 1050. The van der Waals surface area contributed by atoms with Crippen molar-refractivity contribution in [3.8, 4) is 11.5 Å². The summed E-state index contributed by atoms with van der Waals surface area (Å²) >= 11 is 1.23. The first-order valence-corrected chi connectivity index (χ1v) is 8.75. The smallest absolute Gasteiger partial charge is 0.261 e. The molecule has 27 heavy (non-hydrogen) atoms. The van der Waals surface area contributed by atoms with E-state index in [4.69, 9.17) is 9.26 Å². The number of ether oxygens (including phenoxy) is 1. The van der Waals surface area contributed by atoms with E-state index in [1.807, 2.05) is 0 Å². The molecule has 10 heteroatoms. The maximum absolute atomic E-state index is 13.9. The predicted octanol–water partition coefficient (Wildman–Crippen LogP) is 3.85. The molecule has 1 aliphatic rings. The summed E-state index contributed by atoms with van der Waals surface area (Å²) in [4.78, 5) is 17.5. The molecule has 140 valence electrons. The van der Waals surface area contributed by atoms with Crippen molar-refractivity contribution in [2.75, 3.05) is 11.9 Å². The molecule has 1 amide bonds. The van der Waals surface area contributed by atoms with E-state index < -0.39 is 28.9 Å². The number of rotatable bonds is 3. The Hall–Kier alpha value is -2.72. The fourth-order valence-corrected chi connectivity index (χ4v) is 3.99. The summed E-state index contributed by atoms with van der Waals surface area (Å²) in [6.45, 7) is 2.51. The molecule has 1 N–H and O–H groups in total. The molecule has 0 spiro atoms. The van der Waals surface area contributed by atoms with E-state index in [-0.39, 0.29) is 5.89 Å². The van der Waals surface area contributed by atoms with Gasteiger partial charge in [-0.15, -0.1) is 11.3 Å². The van der Waals surface area contributed by atoms with Crippen LogP contribution in [0, 0.1) is 24.4 Å². The molecule has 6 nitrogen and oxygen atoms in total. The number of anilines is 1. The van der Waals surface area contributed by atoms with E-state index in [0.29, 0.717) is 42.1 Å². The van der Waals surface area contributed by atoms with E-state index in [2.05, 4.69) is 15.5 Å². The number of thiophene rings is 1. The Morgan fingerprint density at radius 3 is 2.81 bits per heavy atom. The van der Waals surface area contributed by atoms with E-state index in [0.717, 1.165) is 16.5 Å². The van der Waals surface area contributed by atoms with E-state index in [9.17, 15) is 18.0 Å². The van der Waals surface area contributed by atoms with Crippen molar-refractivity contribution in [2.24, 2.45) is 0 Å². The first-order chi connectivity index (χ1) is 13.0. The molecule has 0 atom stereocenters. The van der Waals surface area contributed by atoms with Gasteiger partial charge < -0.3 is 14.6 Å². The summed E-state index contributed by atoms with van der Waals surface area (Å²) in [5.41, 5.74) is 0.829. The van der Waals surface area contributed by atoms with Crippen LogP contribution >= 0.6 is 11.3 Å². The van der Waals surface area contributed by atoms with Crippen molar-refractivity contribution in [1.82, 2.24) is 10.1 Å². The van der Waals surface area contributed by atoms with Crippen LogP contribution in [0.15, 0.2) is 16.7 Å². The van der Waals surface area contributed by atoms with Crippen molar-refractivity contribution in [2.45, 2.75) is 20.0 Å². The topological polar surface area (TPSA) is 77.2 Å². The number of carbonyl (C=O) groups excluding carboxylic acids is 1. The van der Waals surface area contributed by atoms with Crippen LogP contribution in [0.3, 0.4) is 0 Å². The highest BCUT2D eigenvalue weighted by Gasteiger charge is 2.28. The maximum Gasteiger partial charge on any atom is 0.261 e. The predicted molar refractivity (Wildman–Crippen MR) is 90.0 cm³/mol. The lowest BCUT2D eigenvalue weighted by molar-refractivity contribution is 0.102. The minimum absolute atomic E-state index is 0.216. The zero-order valence-electron chi connectivity index (χ0n) is 13.9. The summed E-state index contributed by atoms with van der Waals surface area (Å²) in [6.07, 6.45) is 0.581. The van der Waals surface area contributed by atoms with Gasteiger partial charge in [0.15, 0.2) is 23.3 Å². The summed E-state index contributed by atoms with van der Waals surface area (Å²) in [7, 11) is 0. The van der Waals surface area contributed by atoms with Gasteiger partial charge in [0.25, 0.3) is 11.8 Å². The summed E-state index contributed by atoms with van der Waals surface area (Å²) < 4.78 is 51.1. The van der Waals surface area contributed by atoms with Crippen molar-refractivity contribution in [3.05, 3.63) is 51.4 Å². The van der Waals surface area contributed by atoms with Gasteiger partial charge in [0.2, 0.25) is 0 Å². The van der Waals surface area contributed by atoms with Gasteiger partial charge >= 0.3 is 0 Å². The Labute approximate surface area is 155 Å². The zero-order chi connectivity index (χ0) is 19.1. The van der Waals surface area contributed by atoms with Crippen molar-refractivity contribution in [1.29, 1.82) is 0 Å². The lowest BCUT2D eigenvalue weighted by Crippen LogP contribution is -2.15. The molecule has 4 rings (SSSR count). The molecule has 0 saturated heterocycles. The number of benzene rings is 1. The summed E-state index contributed by atoms with van der Waals surface area (Å²) in [6, 6.07) is 1.58. The normalized spacial score (nSPS) is 13.5. The molecule has 1 aromatic carbocycles. The third kappa shape index (κ3) is 3.10. The van der Waals surface area contributed by atoms with Crippen LogP contribution in [-0.4, -0.2) is 22.7 Å². The molecule has 0 bridgehead atoms. The van der Waals surface area contributed by atoms with E-state index in [1.165, 1.54) is 11.3 Å². The fourth-order valence-electron chi connectivity index (χ4n) is 2.82. The minimum atomic E-state index is -1.70. The van der Waals surface area contributed by atoms with E-state index in [1.54, 1.807) is 6.92 Å². The Balaban J connectivity index is 1.75.